The van der Waals surface area contributed by atoms with Crippen molar-refractivity contribution < 1.29 is 18.9 Å². The van der Waals surface area contributed by atoms with E-state index in [4.69, 9.17) is 5.73 Å². The van der Waals surface area contributed by atoms with Crippen molar-refractivity contribution in [3.63, 3.8) is 0 Å². The third kappa shape index (κ3) is 4.15. The SMILES string of the molecule is NC(=O)c1ccsc1NC(=O)C[NH+]1CCN(c2ccccc2F)CC1. The summed E-state index contributed by atoms with van der Waals surface area (Å²) in [5.41, 5.74) is 6.22. The standard InChI is InChI=1S/C17H19FN4O2S/c18-13-3-1-2-4-14(13)22-8-6-21(7-9-22)11-15(23)20-17-12(16(19)24)5-10-25-17/h1-5,10H,6-9,11H2,(H2,19,24)(H,20,23)/p+1. The smallest absolute Gasteiger partial charge is 0.280 e. The minimum Gasteiger partial charge on any atom is -0.366 e. The number of carbonyl (C=O) groups is 2. The lowest BCUT2D eigenvalue weighted by Crippen LogP contribution is -3.15. The number of nitrogens with zero attached hydrogens (tertiary/aromatic N) is 1. The van der Waals surface area contributed by atoms with Gasteiger partial charge in [-0.15, -0.1) is 11.3 Å². The van der Waals surface area contributed by atoms with E-state index in [1.807, 2.05) is 11.0 Å². The molecule has 0 unspecified atom stereocenters. The number of carbonyl (C=O) groups excluding carboxylic acids is 2. The molecule has 6 nitrogen and oxygen atoms in total. The van der Waals surface area contributed by atoms with Crippen LogP contribution >= 0.6 is 11.3 Å². The topological polar surface area (TPSA) is 79.9 Å². The van der Waals surface area contributed by atoms with Crippen LogP contribution in [0, 0.1) is 5.82 Å². The van der Waals surface area contributed by atoms with E-state index in [0.29, 0.717) is 35.9 Å². The Hall–Kier alpha value is -2.45. The van der Waals surface area contributed by atoms with Crippen LogP contribution in [0.1, 0.15) is 10.4 Å². The third-order valence-electron chi connectivity index (χ3n) is 4.26. The lowest BCUT2D eigenvalue weighted by molar-refractivity contribution is -0.892. The van der Waals surface area contributed by atoms with Gasteiger partial charge in [-0.05, 0) is 23.6 Å². The van der Waals surface area contributed by atoms with E-state index in [9.17, 15) is 14.0 Å². The second kappa shape index (κ2) is 7.62. The van der Waals surface area contributed by atoms with Crippen molar-refractivity contribution in [3.05, 3.63) is 47.1 Å². The number of nitrogens with two attached hydrogens (primary N) is 1. The number of quaternary nitrogens is 1. The fraction of sp³-hybridized carbons (Fsp3) is 0.294. The molecule has 1 aliphatic heterocycles. The van der Waals surface area contributed by atoms with E-state index in [-0.39, 0.29) is 11.7 Å². The number of hydrogen-bond acceptors (Lipinski definition) is 4. The van der Waals surface area contributed by atoms with Gasteiger partial charge in [0.2, 0.25) is 0 Å². The minimum absolute atomic E-state index is 0.153. The van der Waals surface area contributed by atoms with Gasteiger partial charge in [0.15, 0.2) is 6.54 Å². The molecule has 1 saturated heterocycles. The number of para-hydroxylation sites is 1. The Morgan fingerprint density at radius 2 is 1.96 bits per heavy atom. The molecule has 0 aliphatic carbocycles. The summed E-state index contributed by atoms with van der Waals surface area (Å²) < 4.78 is 13.8. The maximum absolute atomic E-state index is 13.8. The molecule has 1 aromatic carbocycles. The molecule has 1 fully saturated rings. The summed E-state index contributed by atoms with van der Waals surface area (Å²) in [6, 6.07) is 8.33. The largest absolute Gasteiger partial charge is 0.366 e. The van der Waals surface area contributed by atoms with Crippen molar-refractivity contribution >= 4 is 33.8 Å². The van der Waals surface area contributed by atoms with Crippen molar-refractivity contribution in [2.75, 3.05) is 42.9 Å². The molecule has 8 heteroatoms. The van der Waals surface area contributed by atoms with Gasteiger partial charge >= 0.3 is 0 Å². The molecule has 0 atom stereocenters. The number of nitrogens with one attached hydrogen (secondary N) is 2. The van der Waals surface area contributed by atoms with E-state index >= 15 is 0 Å². The van der Waals surface area contributed by atoms with Crippen LogP contribution in [0.3, 0.4) is 0 Å². The monoisotopic (exact) mass is 363 g/mol. The molecule has 2 heterocycles. The molecule has 132 valence electrons. The first-order chi connectivity index (χ1) is 12.0. The fourth-order valence-electron chi connectivity index (χ4n) is 2.95. The van der Waals surface area contributed by atoms with Crippen molar-refractivity contribution in [2.24, 2.45) is 5.73 Å². The highest BCUT2D eigenvalue weighted by Gasteiger charge is 2.24. The minimum atomic E-state index is -0.553. The molecule has 2 amide bonds. The van der Waals surface area contributed by atoms with Gasteiger partial charge in [0.1, 0.15) is 10.8 Å². The predicted octanol–water partition coefficient (Wildman–Crippen LogP) is 0.330. The highest BCUT2D eigenvalue weighted by Crippen LogP contribution is 2.22. The molecule has 1 aliphatic rings. The first-order valence-electron chi connectivity index (χ1n) is 8.05. The summed E-state index contributed by atoms with van der Waals surface area (Å²) in [6.07, 6.45) is 0. The van der Waals surface area contributed by atoms with Gasteiger partial charge in [-0.2, -0.15) is 0 Å². The second-order valence-electron chi connectivity index (χ2n) is 5.94. The van der Waals surface area contributed by atoms with Gasteiger partial charge in [0, 0.05) is 0 Å². The zero-order valence-electron chi connectivity index (χ0n) is 13.6. The van der Waals surface area contributed by atoms with Gasteiger partial charge < -0.3 is 20.9 Å². The molecular weight excluding hydrogens is 343 g/mol. The summed E-state index contributed by atoms with van der Waals surface area (Å²) in [5, 5.41) is 4.96. The Balaban J connectivity index is 1.52. The fourth-order valence-corrected chi connectivity index (χ4v) is 3.76. The zero-order valence-corrected chi connectivity index (χ0v) is 14.4. The van der Waals surface area contributed by atoms with Crippen LogP contribution in [-0.2, 0) is 4.79 Å². The van der Waals surface area contributed by atoms with Gasteiger partial charge in [0.05, 0.1) is 37.4 Å². The number of piperazine rings is 1. The first-order valence-corrected chi connectivity index (χ1v) is 8.93. The lowest BCUT2D eigenvalue weighted by atomic mass is 10.2. The molecule has 1 aromatic heterocycles. The molecular formula is C17H20FN4O2S+. The number of rotatable bonds is 5. The summed E-state index contributed by atoms with van der Waals surface area (Å²) in [5.74, 6) is -0.929. The van der Waals surface area contributed by atoms with Crippen molar-refractivity contribution in [3.8, 4) is 0 Å². The van der Waals surface area contributed by atoms with Crippen LogP contribution in [-0.4, -0.2) is 44.5 Å². The Labute approximate surface area is 149 Å². The highest BCUT2D eigenvalue weighted by molar-refractivity contribution is 7.14. The summed E-state index contributed by atoms with van der Waals surface area (Å²) >= 11 is 1.28. The number of anilines is 2. The maximum atomic E-state index is 13.8. The normalized spacial score (nSPS) is 15.2. The summed E-state index contributed by atoms with van der Waals surface area (Å²) in [6.45, 7) is 3.18. The van der Waals surface area contributed by atoms with Gasteiger partial charge in [-0.25, -0.2) is 4.39 Å². The average Bonchev–Trinajstić information content (AvgIpc) is 3.04. The molecule has 3 rings (SSSR count). The van der Waals surface area contributed by atoms with Crippen molar-refractivity contribution in [1.29, 1.82) is 0 Å². The van der Waals surface area contributed by atoms with Gasteiger partial charge in [0.25, 0.3) is 11.8 Å². The predicted molar refractivity (Wildman–Crippen MR) is 95.6 cm³/mol. The van der Waals surface area contributed by atoms with E-state index in [1.165, 1.54) is 17.4 Å². The number of benzene rings is 1. The molecule has 0 bridgehead atoms. The Morgan fingerprint density at radius 3 is 2.64 bits per heavy atom. The van der Waals surface area contributed by atoms with Crippen LogP contribution in [0.4, 0.5) is 15.1 Å². The molecule has 4 N–H and O–H groups in total. The molecule has 25 heavy (non-hydrogen) atoms. The number of thiophene rings is 1. The van der Waals surface area contributed by atoms with E-state index in [1.54, 1.807) is 23.6 Å². The van der Waals surface area contributed by atoms with Gasteiger partial charge in [-0.1, -0.05) is 12.1 Å². The quantitative estimate of drug-likeness (QED) is 0.716. The Kier molecular flexibility index (Phi) is 5.30. The lowest BCUT2D eigenvalue weighted by Gasteiger charge is -2.33. The third-order valence-corrected chi connectivity index (χ3v) is 5.09. The summed E-state index contributed by atoms with van der Waals surface area (Å²) in [7, 11) is 0. The molecule has 0 radical (unpaired) electrons. The Bertz CT molecular complexity index is 772. The molecule has 2 aromatic rings. The van der Waals surface area contributed by atoms with Crippen LogP contribution in [0.25, 0.3) is 0 Å². The van der Waals surface area contributed by atoms with E-state index in [0.717, 1.165) is 18.0 Å². The molecule has 0 spiro atoms. The Morgan fingerprint density at radius 1 is 1.24 bits per heavy atom. The van der Waals surface area contributed by atoms with Crippen molar-refractivity contribution in [1.82, 2.24) is 0 Å². The van der Waals surface area contributed by atoms with Crippen LogP contribution < -0.4 is 20.9 Å². The van der Waals surface area contributed by atoms with E-state index < -0.39 is 5.91 Å². The first kappa shape index (κ1) is 17.4. The highest BCUT2D eigenvalue weighted by atomic mass is 32.1. The van der Waals surface area contributed by atoms with Gasteiger partial charge in [-0.3, -0.25) is 9.59 Å². The maximum Gasteiger partial charge on any atom is 0.280 e. The van der Waals surface area contributed by atoms with Crippen LogP contribution in [0.5, 0.6) is 0 Å². The summed E-state index contributed by atoms with van der Waals surface area (Å²) in [4.78, 5) is 26.6. The average molecular weight is 363 g/mol. The number of primary amides is 1. The molecule has 0 saturated carbocycles. The van der Waals surface area contributed by atoms with E-state index in [2.05, 4.69) is 5.32 Å². The number of amides is 2. The van der Waals surface area contributed by atoms with Crippen LogP contribution in [0.2, 0.25) is 0 Å². The number of halogens is 1. The second-order valence-corrected chi connectivity index (χ2v) is 6.86. The van der Waals surface area contributed by atoms with Crippen molar-refractivity contribution in [2.45, 2.75) is 0 Å². The zero-order chi connectivity index (χ0) is 17.8. The number of hydrogen-bond donors (Lipinski definition) is 3. The van der Waals surface area contributed by atoms with Crippen LogP contribution in [0.15, 0.2) is 35.7 Å².